The molecule has 7 N–H and O–H groups in total. The number of fused-ring (bicyclic) bond motifs is 3. The highest BCUT2D eigenvalue weighted by atomic mass is 16.5. The number of aliphatic carboxylic acids is 1. The molecule has 142 valence electrons. The molecule has 0 saturated carbocycles. The Labute approximate surface area is 162 Å². The summed E-state index contributed by atoms with van der Waals surface area (Å²) < 4.78 is 6.21. The summed E-state index contributed by atoms with van der Waals surface area (Å²) in [5.41, 5.74) is 22.3. The predicted molar refractivity (Wildman–Crippen MR) is 110 cm³/mol. The van der Waals surface area contributed by atoms with Crippen molar-refractivity contribution in [2.45, 2.75) is 19.4 Å². The van der Waals surface area contributed by atoms with E-state index in [0.29, 0.717) is 39.6 Å². The second kappa shape index (κ2) is 6.00. The zero-order chi connectivity index (χ0) is 20.2. The molecular weight excluding hydrogens is 354 g/mol. The zero-order valence-corrected chi connectivity index (χ0v) is 15.6. The van der Waals surface area contributed by atoms with E-state index in [1.807, 2.05) is 37.3 Å². The first-order valence-electron chi connectivity index (χ1n) is 8.84. The second-order valence-corrected chi connectivity index (χ2v) is 7.14. The zero-order valence-electron chi connectivity index (χ0n) is 15.6. The van der Waals surface area contributed by atoms with Gasteiger partial charge in [0.25, 0.3) is 0 Å². The van der Waals surface area contributed by atoms with Gasteiger partial charge in [-0.2, -0.15) is 0 Å². The van der Waals surface area contributed by atoms with Crippen LogP contribution in [-0.2, 0) is 4.79 Å². The van der Waals surface area contributed by atoms with Crippen molar-refractivity contribution in [1.82, 2.24) is 0 Å². The van der Waals surface area contributed by atoms with E-state index < -0.39 is 11.5 Å². The van der Waals surface area contributed by atoms with Crippen molar-refractivity contribution in [3.8, 4) is 5.75 Å². The minimum Gasteiger partial charge on any atom is -0.479 e. The molecule has 0 bridgehead atoms. The van der Waals surface area contributed by atoms with Gasteiger partial charge in [-0.15, -0.1) is 0 Å². The molecule has 0 heterocycles. The highest BCUT2D eigenvalue weighted by Gasteiger charge is 2.42. The third kappa shape index (κ3) is 2.42. The van der Waals surface area contributed by atoms with Crippen LogP contribution in [0.4, 0.5) is 11.4 Å². The number of carboxylic acid groups (broad SMARTS) is 1. The van der Waals surface area contributed by atoms with Crippen LogP contribution in [0.1, 0.15) is 23.6 Å². The molecule has 1 unspecified atom stereocenters. The van der Waals surface area contributed by atoms with Crippen LogP contribution in [0.5, 0.6) is 5.75 Å². The highest BCUT2D eigenvalue weighted by Crippen LogP contribution is 2.50. The van der Waals surface area contributed by atoms with Crippen LogP contribution in [0, 0.1) is 6.92 Å². The second-order valence-electron chi connectivity index (χ2n) is 7.14. The predicted octanol–water partition coefficient (Wildman–Crippen LogP) is 3.09. The molecule has 0 amide bonds. The van der Waals surface area contributed by atoms with E-state index in [9.17, 15) is 9.90 Å². The molecule has 2 aliphatic carbocycles. The normalized spacial score (nSPS) is 20.2. The van der Waals surface area contributed by atoms with Gasteiger partial charge < -0.3 is 27.0 Å². The molecule has 0 spiro atoms. The standard InChI is InChI=1S/C22H21N3O3/c1-11-8-15-16(10-22(11,25)21(26)27)14-9-17(23)12(2)19(24)18(14)20(15)28-13-6-4-3-5-7-13/h3-10H,23-25H2,1-2H3,(H,26,27). The maximum atomic E-state index is 11.8. The number of ether oxygens (including phenoxy) is 1. The number of hydrogen-bond acceptors (Lipinski definition) is 5. The first kappa shape index (κ1) is 17.9. The van der Waals surface area contributed by atoms with Crippen LogP contribution in [0.25, 0.3) is 11.3 Å². The van der Waals surface area contributed by atoms with Crippen LogP contribution >= 0.6 is 0 Å². The number of hydrogen-bond donors (Lipinski definition) is 4. The Morgan fingerprint density at radius 2 is 1.82 bits per heavy atom. The number of para-hydroxylation sites is 1. The SMILES string of the molecule is CC1=CC2=C(Oc3ccccc3)c3c(cc(N)c(C)c3N)C2=CC1(N)C(=O)O. The van der Waals surface area contributed by atoms with Crippen LogP contribution in [0.3, 0.4) is 0 Å². The first-order chi connectivity index (χ1) is 13.2. The lowest BCUT2D eigenvalue weighted by molar-refractivity contribution is -0.140. The minimum absolute atomic E-state index is 0.504. The smallest absolute Gasteiger partial charge is 0.332 e. The summed E-state index contributed by atoms with van der Waals surface area (Å²) >= 11 is 0. The number of anilines is 2. The maximum absolute atomic E-state index is 11.8. The largest absolute Gasteiger partial charge is 0.479 e. The van der Waals surface area contributed by atoms with Crippen molar-refractivity contribution in [3.63, 3.8) is 0 Å². The number of nitrogen functional groups attached to an aromatic ring is 2. The molecule has 1 atom stereocenters. The molecule has 2 aromatic rings. The molecule has 0 radical (unpaired) electrons. The highest BCUT2D eigenvalue weighted by molar-refractivity contribution is 6.08. The fourth-order valence-electron chi connectivity index (χ4n) is 3.60. The summed E-state index contributed by atoms with van der Waals surface area (Å²) in [7, 11) is 0. The van der Waals surface area contributed by atoms with E-state index in [-0.39, 0.29) is 0 Å². The van der Waals surface area contributed by atoms with Gasteiger partial charge in [0, 0.05) is 22.5 Å². The summed E-state index contributed by atoms with van der Waals surface area (Å²) in [6, 6.07) is 11.1. The number of allylic oxidation sites excluding steroid dienone is 3. The van der Waals surface area contributed by atoms with Gasteiger partial charge in [0.2, 0.25) is 0 Å². The average Bonchev–Trinajstić information content (AvgIpc) is 2.93. The van der Waals surface area contributed by atoms with Crippen molar-refractivity contribution in [2.75, 3.05) is 11.5 Å². The molecule has 2 aromatic carbocycles. The van der Waals surface area contributed by atoms with Gasteiger partial charge >= 0.3 is 5.97 Å². The van der Waals surface area contributed by atoms with Crippen molar-refractivity contribution in [1.29, 1.82) is 0 Å². The Morgan fingerprint density at radius 1 is 1.14 bits per heavy atom. The lowest BCUT2D eigenvalue weighted by Crippen LogP contribution is -2.48. The number of nitrogens with two attached hydrogens (primary N) is 3. The Kier molecular flexibility index (Phi) is 3.83. The molecule has 0 aliphatic heterocycles. The van der Waals surface area contributed by atoms with Gasteiger partial charge in [0.15, 0.2) is 5.54 Å². The Balaban J connectivity index is 2.01. The van der Waals surface area contributed by atoms with Crippen molar-refractivity contribution >= 4 is 28.7 Å². The lowest BCUT2D eigenvalue weighted by atomic mass is 9.81. The summed E-state index contributed by atoms with van der Waals surface area (Å²) in [5, 5.41) is 9.68. The lowest BCUT2D eigenvalue weighted by Gasteiger charge is -2.27. The van der Waals surface area contributed by atoms with E-state index in [1.165, 1.54) is 0 Å². The van der Waals surface area contributed by atoms with Gasteiger partial charge in [0.05, 0.1) is 0 Å². The van der Waals surface area contributed by atoms with Crippen molar-refractivity contribution in [3.05, 3.63) is 76.4 Å². The van der Waals surface area contributed by atoms with Crippen molar-refractivity contribution < 1.29 is 14.6 Å². The summed E-state index contributed by atoms with van der Waals surface area (Å²) in [5.74, 6) is 0.0969. The van der Waals surface area contributed by atoms with E-state index in [1.54, 1.807) is 25.1 Å². The molecule has 6 heteroatoms. The first-order valence-corrected chi connectivity index (χ1v) is 8.84. The third-order valence-corrected chi connectivity index (χ3v) is 5.43. The Bertz CT molecular complexity index is 1110. The summed E-state index contributed by atoms with van der Waals surface area (Å²) in [6.07, 6.45) is 3.31. The molecular formula is C22H21N3O3. The molecule has 4 rings (SSSR count). The summed E-state index contributed by atoms with van der Waals surface area (Å²) in [6.45, 7) is 3.54. The monoisotopic (exact) mass is 375 g/mol. The molecule has 0 saturated heterocycles. The van der Waals surface area contributed by atoms with Crippen molar-refractivity contribution in [2.24, 2.45) is 5.73 Å². The Hall–Kier alpha value is -3.51. The van der Waals surface area contributed by atoms with Gasteiger partial charge in [-0.25, -0.2) is 4.79 Å². The Morgan fingerprint density at radius 3 is 2.46 bits per heavy atom. The molecule has 28 heavy (non-hydrogen) atoms. The van der Waals surface area contributed by atoms with Gasteiger partial charge in [0.1, 0.15) is 11.5 Å². The van der Waals surface area contributed by atoms with Crippen LogP contribution < -0.4 is 21.9 Å². The van der Waals surface area contributed by atoms with Crippen LogP contribution in [-0.4, -0.2) is 16.6 Å². The van der Waals surface area contributed by atoms with Crippen LogP contribution in [0.2, 0.25) is 0 Å². The maximum Gasteiger partial charge on any atom is 0.332 e. The number of benzene rings is 2. The third-order valence-electron chi connectivity index (χ3n) is 5.43. The molecule has 0 fully saturated rings. The quantitative estimate of drug-likeness (QED) is 0.611. The fraction of sp³-hybridized carbons (Fsp3) is 0.136. The van der Waals surface area contributed by atoms with E-state index in [2.05, 4.69) is 0 Å². The van der Waals surface area contributed by atoms with Gasteiger partial charge in [-0.1, -0.05) is 18.2 Å². The molecule has 6 nitrogen and oxygen atoms in total. The van der Waals surface area contributed by atoms with Crippen LogP contribution in [0.15, 0.2) is 59.7 Å². The summed E-state index contributed by atoms with van der Waals surface area (Å²) in [4.78, 5) is 11.8. The van der Waals surface area contributed by atoms with Gasteiger partial charge in [-0.3, -0.25) is 0 Å². The average molecular weight is 375 g/mol. The van der Waals surface area contributed by atoms with E-state index in [4.69, 9.17) is 21.9 Å². The molecule has 0 aromatic heterocycles. The number of carbonyl (C=O) groups is 1. The van der Waals surface area contributed by atoms with E-state index in [0.717, 1.165) is 16.7 Å². The minimum atomic E-state index is -1.60. The number of rotatable bonds is 3. The number of carboxylic acids is 1. The van der Waals surface area contributed by atoms with E-state index >= 15 is 0 Å². The molecule has 2 aliphatic rings. The van der Waals surface area contributed by atoms with Gasteiger partial charge in [-0.05, 0) is 66.5 Å². The topological polar surface area (TPSA) is 125 Å². The fourth-order valence-corrected chi connectivity index (χ4v) is 3.60.